The topological polar surface area (TPSA) is 57.5 Å². The fourth-order valence-corrected chi connectivity index (χ4v) is 5.65. The SMILES string of the molecule is CC(=O)O.OC[C@@H]1CCCC[C@@H]1CC1SCCS1. The van der Waals surface area contributed by atoms with Gasteiger partial charge in [0.1, 0.15) is 0 Å². The Bertz CT molecular complexity index is 238. The summed E-state index contributed by atoms with van der Waals surface area (Å²) in [5.41, 5.74) is 0. The van der Waals surface area contributed by atoms with Crippen LogP contribution in [-0.4, -0.2) is 38.9 Å². The highest BCUT2D eigenvalue weighted by Gasteiger charge is 2.28. The van der Waals surface area contributed by atoms with Gasteiger partial charge in [-0.3, -0.25) is 4.79 Å². The first-order chi connectivity index (χ1) is 8.63. The lowest BCUT2D eigenvalue weighted by atomic mass is 9.78. The molecule has 0 bridgehead atoms. The molecule has 0 unspecified atom stereocenters. The first kappa shape index (κ1) is 16.2. The lowest BCUT2D eigenvalue weighted by Gasteiger charge is -2.31. The Morgan fingerprint density at radius 3 is 2.17 bits per heavy atom. The quantitative estimate of drug-likeness (QED) is 0.837. The molecule has 2 atom stereocenters. The van der Waals surface area contributed by atoms with Crippen molar-refractivity contribution in [2.75, 3.05) is 18.1 Å². The van der Waals surface area contributed by atoms with Crippen LogP contribution in [0.2, 0.25) is 0 Å². The van der Waals surface area contributed by atoms with Gasteiger partial charge in [0, 0.05) is 25.0 Å². The summed E-state index contributed by atoms with van der Waals surface area (Å²) in [5.74, 6) is 3.28. The Hall–Kier alpha value is 0.130. The van der Waals surface area contributed by atoms with Gasteiger partial charge in [0.05, 0.1) is 4.58 Å². The summed E-state index contributed by atoms with van der Waals surface area (Å²) in [6, 6.07) is 0. The third-order valence-electron chi connectivity index (χ3n) is 3.49. The largest absolute Gasteiger partial charge is 0.481 e. The van der Waals surface area contributed by atoms with Crippen LogP contribution in [0.25, 0.3) is 0 Å². The maximum Gasteiger partial charge on any atom is 0.300 e. The molecule has 2 N–H and O–H groups in total. The molecule has 18 heavy (non-hydrogen) atoms. The molecule has 0 spiro atoms. The number of rotatable bonds is 3. The molecule has 1 heterocycles. The third kappa shape index (κ3) is 6.34. The number of aliphatic hydroxyl groups is 1. The maximum atomic E-state index is 9.32. The average molecular weight is 292 g/mol. The van der Waals surface area contributed by atoms with Gasteiger partial charge in [0.2, 0.25) is 0 Å². The van der Waals surface area contributed by atoms with E-state index in [1.807, 2.05) is 0 Å². The number of aliphatic hydroxyl groups excluding tert-OH is 1. The fourth-order valence-electron chi connectivity index (χ4n) is 2.63. The van der Waals surface area contributed by atoms with Gasteiger partial charge in [-0.1, -0.05) is 19.3 Å². The predicted octanol–water partition coefficient (Wildman–Crippen LogP) is 3.07. The zero-order valence-electron chi connectivity index (χ0n) is 11.0. The van der Waals surface area contributed by atoms with Gasteiger partial charge >= 0.3 is 0 Å². The Morgan fingerprint density at radius 1 is 1.17 bits per heavy atom. The molecule has 2 aliphatic rings. The van der Waals surface area contributed by atoms with Crippen LogP contribution in [0.3, 0.4) is 0 Å². The van der Waals surface area contributed by atoms with Crippen LogP contribution in [-0.2, 0) is 4.79 Å². The van der Waals surface area contributed by atoms with E-state index in [0.29, 0.717) is 12.5 Å². The van der Waals surface area contributed by atoms with Crippen molar-refractivity contribution in [2.24, 2.45) is 11.8 Å². The minimum atomic E-state index is -0.833. The van der Waals surface area contributed by atoms with Gasteiger partial charge in [-0.25, -0.2) is 0 Å². The first-order valence-electron chi connectivity index (χ1n) is 6.67. The van der Waals surface area contributed by atoms with E-state index in [1.165, 1.54) is 43.6 Å². The van der Waals surface area contributed by atoms with Gasteiger partial charge in [0.25, 0.3) is 5.97 Å². The van der Waals surface area contributed by atoms with Crippen LogP contribution in [0.5, 0.6) is 0 Å². The summed E-state index contributed by atoms with van der Waals surface area (Å²) in [6.07, 6.45) is 6.71. The Kier molecular flexibility index (Phi) is 8.18. The van der Waals surface area contributed by atoms with E-state index in [-0.39, 0.29) is 0 Å². The molecule has 0 aromatic heterocycles. The Morgan fingerprint density at radius 2 is 1.67 bits per heavy atom. The molecule has 0 amide bonds. The van der Waals surface area contributed by atoms with Gasteiger partial charge < -0.3 is 10.2 Å². The van der Waals surface area contributed by atoms with E-state index in [9.17, 15) is 5.11 Å². The molecule has 0 radical (unpaired) electrons. The Labute approximate surface area is 118 Å². The monoisotopic (exact) mass is 292 g/mol. The first-order valence-corrected chi connectivity index (χ1v) is 8.76. The summed E-state index contributed by atoms with van der Waals surface area (Å²) < 4.78 is 0.840. The second kappa shape index (κ2) is 9.10. The fraction of sp³-hybridized carbons (Fsp3) is 0.923. The molecule has 106 valence electrons. The average Bonchev–Trinajstić information content (AvgIpc) is 2.82. The summed E-state index contributed by atoms with van der Waals surface area (Å²) in [6.45, 7) is 1.51. The second-order valence-electron chi connectivity index (χ2n) is 4.91. The highest BCUT2D eigenvalue weighted by atomic mass is 32.2. The third-order valence-corrected chi connectivity index (χ3v) is 6.57. The number of hydrogen-bond acceptors (Lipinski definition) is 4. The zero-order chi connectivity index (χ0) is 13.4. The van der Waals surface area contributed by atoms with Crippen molar-refractivity contribution in [1.29, 1.82) is 0 Å². The maximum absolute atomic E-state index is 9.32. The number of carbonyl (C=O) groups is 1. The molecule has 2 fully saturated rings. The van der Waals surface area contributed by atoms with Crippen LogP contribution in [0.4, 0.5) is 0 Å². The highest BCUT2D eigenvalue weighted by Crippen LogP contribution is 2.41. The number of thioether (sulfide) groups is 2. The van der Waals surface area contributed by atoms with Crippen LogP contribution < -0.4 is 0 Å². The van der Waals surface area contributed by atoms with E-state index in [2.05, 4.69) is 23.5 Å². The summed E-state index contributed by atoms with van der Waals surface area (Å²) in [4.78, 5) is 9.00. The lowest BCUT2D eigenvalue weighted by molar-refractivity contribution is -0.134. The van der Waals surface area contributed by atoms with E-state index in [4.69, 9.17) is 9.90 Å². The number of aliphatic carboxylic acids is 1. The van der Waals surface area contributed by atoms with Crippen LogP contribution in [0, 0.1) is 11.8 Å². The number of carboxylic acids is 1. The van der Waals surface area contributed by atoms with Crippen molar-refractivity contribution in [3.8, 4) is 0 Å². The lowest BCUT2D eigenvalue weighted by Crippen LogP contribution is -2.24. The van der Waals surface area contributed by atoms with Crippen LogP contribution >= 0.6 is 23.5 Å². The molecular weight excluding hydrogens is 268 g/mol. The molecule has 1 aliphatic heterocycles. The van der Waals surface area contributed by atoms with E-state index in [1.54, 1.807) is 0 Å². The van der Waals surface area contributed by atoms with Crippen molar-refractivity contribution in [3.63, 3.8) is 0 Å². The van der Waals surface area contributed by atoms with Crippen molar-refractivity contribution in [1.82, 2.24) is 0 Å². The van der Waals surface area contributed by atoms with E-state index >= 15 is 0 Å². The minimum Gasteiger partial charge on any atom is -0.481 e. The van der Waals surface area contributed by atoms with Crippen LogP contribution in [0.15, 0.2) is 0 Å². The van der Waals surface area contributed by atoms with Gasteiger partial charge in [-0.05, 0) is 24.7 Å². The van der Waals surface area contributed by atoms with Crippen molar-refractivity contribution in [2.45, 2.75) is 43.6 Å². The van der Waals surface area contributed by atoms with Crippen molar-refractivity contribution >= 4 is 29.5 Å². The molecular formula is C13H24O3S2. The van der Waals surface area contributed by atoms with Gasteiger partial charge in [0.15, 0.2) is 0 Å². The molecule has 5 heteroatoms. The van der Waals surface area contributed by atoms with E-state index < -0.39 is 5.97 Å². The highest BCUT2D eigenvalue weighted by molar-refractivity contribution is 8.20. The molecule has 0 aromatic rings. The molecule has 0 aromatic carbocycles. The molecule has 2 rings (SSSR count). The van der Waals surface area contributed by atoms with Gasteiger partial charge in [-0.15, -0.1) is 23.5 Å². The van der Waals surface area contributed by atoms with Crippen LogP contribution in [0.1, 0.15) is 39.0 Å². The summed E-state index contributed by atoms with van der Waals surface area (Å²) >= 11 is 4.26. The Balaban J connectivity index is 0.000000357. The molecule has 1 saturated carbocycles. The number of hydrogen-bond donors (Lipinski definition) is 2. The predicted molar refractivity (Wildman–Crippen MR) is 79.2 cm³/mol. The summed E-state index contributed by atoms with van der Waals surface area (Å²) in [5, 5.41) is 16.7. The summed E-state index contributed by atoms with van der Waals surface area (Å²) in [7, 11) is 0. The van der Waals surface area contributed by atoms with Crippen molar-refractivity contribution in [3.05, 3.63) is 0 Å². The smallest absolute Gasteiger partial charge is 0.300 e. The van der Waals surface area contributed by atoms with Crippen molar-refractivity contribution < 1.29 is 15.0 Å². The van der Waals surface area contributed by atoms with E-state index in [0.717, 1.165) is 17.4 Å². The zero-order valence-corrected chi connectivity index (χ0v) is 12.6. The number of carboxylic acid groups (broad SMARTS) is 1. The molecule has 1 saturated heterocycles. The standard InChI is InChI=1S/C11H20OS2.C2H4O2/c12-8-10-4-2-1-3-9(10)7-11-13-5-6-14-11;1-2(3)4/h9-12H,1-8H2;1H3,(H,3,4)/t9-,10+;/m1./s1. The normalized spacial score (nSPS) is 28.6. The molecule has 3 nitrogen and oxygen atoms in total. The minimum absolute atomic E-state index is 0.423. The van der Waals surface area contributed by atoms with Gasteiger partial charge in [-0.2, -0.15) is 0 Å². The second-order valence-corrected chi connectivity index (χ2v) is 7.83. The molecule has 1 aliphatic carbocycles.